The van der Waals surface area contributed by atoms with Crippen LogP contribution in [0, 0.1) is 11.3 Å². The SMILES string of the molecule is COc1ccc2cc(CNCc3ccc(OC)c(OCCCC#N)c3)ccc2c1. The summed E-state index contributed by atoms with van der Waals surface area (Å²) >= 11 is 0. The van der Waals surface area contributed by atoms with Crippen LogP contribution in [-0.2, 0) is 13.1 Å². The molecule has 0 unspecified atom stereocenters. The zero-order chi connectivity index (χ0) is 20.5. The molecule has 0 saturated carbocycles. The maximum absolute atomic E-state index is 8.64. The Kier molecular flexibility index (Phi) is 7.32. The lowest BCUT2D eigenvalue weighted by Gasteiger charge is -2.13. The van der Waals surface area contributed by atoms with Gasteiger partial charge in [-0.15, -0.1) is 0 Å². The Labute approximate surface area is 171 Å². The zero-order valence-electron chi connectivity index (χ0n) is 16.9. The van der Waals surface area contributed by atoms with Gasteiger partial charge in [-0.05, 0) is 58.7 Å². The van der Waals surface area contributed by atoms with Crippen LogP contribution in [0.2, 0.25) is 0 Å². The molecule has 5 nitrogen and oxygen atoms in total. The van der Waals surface area contributed by atoms with Gasteiger partial charge in [0, 0.05) is 19.5 Å². The molecule has 0 spiro atoms. The summed E-state index contributed by atoms with van der Waals surface area (Å²) in [6.45, 7) is 1.99. The lowest BCUT2D eigenvalue weighted by Crippen LogP contribution is -2.13. The van der Waals surface area contributed by atoms with Gasteiger partial charge in [0.25, 0.3) is 0 Å². The molecule has 0 aromatic heterocycles. The smallest absolute Gasteiger partial charge is 0.161 e. The number of unbranched alkanes of at least 4 members (excludes halogenated alkanes) is 1. The molecule has 0 heterocycles. The highest BCUT2D eigenvalue weighted by atomic mass is 16.5. The van der Waals surface area contributed by atoms with Gasteiger partial charge in [0.2, 0.25) is 0 Å². The highest BCUT2D eigenvalue weighted by molar-refractivity contribution is 5.84. The average Bonchev–Trinajstić information content (AvgIpc) is 2.76. The van der Waals surface area contributed by atoms with E-state index in [4.69, 9.17) is 19.5 Å². The number of ether oxygens (including phenoxy) is 3. The van der Waals surface area contributed by atoms with E-state index in [0.29, 0.717) is 30.9 Å². The Balaban J connectivity index is 1.59. The third-order valence-electron chi connectivity index (χ3n) is 4.69. The van der Waals surface area contributed by atoms with Gasteiger partial charge in [-0.2, -0.15) is 5.26 Å². The molecule has 5 heteroatoms. The molecular weight excluding hydrogens is 364 g/mol. The molecule has 0 saturated heterocycles. The van der Waals surface area contributed by atoms with E-state index in [1.165, 1.54) is 16.3 Å². The summed E-state index contributed by atoms with van der Waals surface area (Å²) in [5.41, 5.74) is 2.34. The first kappa shape index (κ1) is 20.5. The number of hydrogen-bond donors (Lipinski definition) is 1. The lowest BCUT2D eigenvalue weighted by molar-refractivity contribution is 0.290. The Morgan fingerprint density at radius 1 is 0.828 bits per heavy atom. The number of fused-ring (bicyclic) bond motifs is 1. The van der Waals surface area contributed by atoms with Gasteiger partial charge in [-0.1, -0.05) is 24.3 Å². The van der Waals surface area contributed by atoms with Crippen LogP contribution in [0.4, 0.5) is 0 Å². The summed E-state index contributed by atoms with van der Waals surface area (Å²) in [5, 5.41) is 14.5. The maximum atomic E-state index is 8.64. The van der Waals surface area contributed by atoms with Crippen LogP contribution in [-0.4, -0.2) is 20.8 Å². The summed E-state index contributed by atoms with van der Waals surface area (Å²) in [4.78, 5) is 0. The normalized spacial score (nSPS) is 10.5. The summed E-state index contributed by atoms with van der Waals surface area (Å²) in [7, 11) is 3.31. The minimum absolute atomic E-state index is 0.488. The Bertz CT molecular complexity index is 995. The summed E-state index contributed by atoms with van der Waals surface area (Å²) in [6, 6.07) is 20.6. The van der Waals surface area contributed by atoms with Gasteiger partial charge in [0.15, 0.2) is 11.5 Å². The van der Waals surface area contributed by atoms with Crippen LogP contribution in [0.5, 0.6) is 17.2 Å². The number of nitriles is 1. The minimum Gasteiger partial charge on any atom is -0.497 e. The molecule has 0 amide bonds. The molecule has 1 N–H and O–H groups in total. The lowest BCUT2D eigenvalue weighted by atomic mass is 10.1. The second-order valence-electron chi connectivity index (χ2n) is 6.75. The van der Waals surface area contributed by atoms with Crippen molar-refractivity contribution in [1.29, 1.82) is 5.26 Å². The van der Waals surface area contributed by atoms with Crippen LogP contribution in [0.3, 0.4) is 0 Å². The van der Waals surface area contributed by atoms with Crippen LogP contribution in [0.25, 0.3) is 10.8 Å². The molecule has 0 bridgehead atoms. The van der Waals surface area contributed by atoms with Crippen molar-refractivity contribution in [3.05, 3.63) is 65.7 Å². The van der Waals surface area contributed by atoms with E-state index in [2.05, 4.69) is 35.7 Å². The van der Waals surface area contributed by atoms with E-state index >= 15 is 0 Å². The van der Waals surface area contributed by atoms with Crippen LogP contribution < -0.4 is 19.5 Å². The fourth-order valence-electron chi connectivity index (χ4n) is 3.14. The Morgan fingerprint density at radius 2 is 1.55 bits per heavy atom. The van der Waals surface area contributed by atoms with E-state index < -0.39 is 0 Å². The molecule has 0 aliphatic heterocycles. The van der Waals surface area contributed by atoms with Gasteiger partial charge < -0.3 is 19.5 Å². The summed E-state index contributed by atoms with van der Waals surface area (Å²) in [6.07, 6.45) is 1.19. The predicted octanol–water partition coefficient (Wildman–Crippen LogP) is 4.83. The first-order valence-electron chi connectivity index (χ1n) is 9.67. The number of methoxy groups -OCH3 is 2. The topological polar surface area (TPSA) is 63.5 Å². The number of nitrogens with zero attached hydrogens (tertiary/aromatic N) is 1. The number of nitrogens with one attached hydrogen (secondary N) is 1. The quantitative estimate of drug-likeness (QED) is 0.502. The van der Waals surface area contributed by atoms with Gasteiger partial charge in [-0.3, -0.25) is 0 Å². The van der Waals surface area contributed by atoms with Gasteiger partial charge in [0.05, 0.1) is 26.9 Å². The monoisotopic (exact) mass is 390 g/mol. The first-order chi connectivity index (χ1) is 14.2. The highest BCUT2D eigenvalue weighted by Gasteiger charge is 2.06. The second-order valence-corrected chi connectivity index (χ2v) is 6.75. The fraction of sp³-hybridized carbons (Fsp3) is 0.292. The highest BCUT2D eigenvalue weighted by Crippen LogP contribution is 2.28. The Morgan fingerprint density at radius 3 is 2.31 bits per heavy atom. The van der Waals surface area contributed by atoms with Crippen molar-refractivity contribution in [3.8, 4) is 23.3 Å². The van der Waals surface area contributed by atoms with Gasteiger partial charge >= 0.3 is 0 Å². The van der Waals surface area contributed by atoms with Crippen LogP contribution in [0.1, 0.15) is 24.0 Å². The molecule has 0 radical (unpaired) electrons. The van der Waals surface area contributed by atoms with Gasteiger partial charge in [-0.25, -0.2) is 0 Å². The molecule has 0 fully saturated rings. The molecule has 3 rings (SSSR count). The second kappa shape index (κ2) is 10.4. The van der Waals surface area contributed by atoms with E-state index in [1.807, 2.05) is 30.3 Å². The van der Waals surface area contributed by atoms with Crippen molar-refractivity contribution in [3.63, 3.8) is 0 Å². The molecule has 0 aliphatic carbocycles. The molecule has 3 aromatic rings. The maximum Gasteiger partial charge on any atom is 0.161 e. The van der Waals surface area contributed by atoms with E-state index in [1.54, 1.807) is 14.2 Å². The predicted molar refractivity (Wildman–Crippen MR) is 114 cm³/mol. The largest absolute Gasteiger partial charge is 0.497 e. The molecule has 3 aromatic carbocycles. The summed E-state index contributed by atoms with van der Waals surface area (Å²) in [5.74, 6) is 2.29. The molecule has 150 valence electrons. The fourth-order valence-corrected chi connectivity index (χ4v) is 3.14. The number of hydrogen-bond acceptors (Lipinski definition) is 5. The van der Waals surface area contributed by atoms with Crippen molar-refractivity contribution < 1.29 is 14.2 Å². The van der Waals surface area contributed by atoms with Gasteiger partial charge in [0.1, 0.15) is 5.75 Å². The van der Waals surface area contributed by atoms with Crippen molar-refractivity contribution in [2.75, 3.05) is 20.8 Å². The van der Waals surface area contributed by atoms with E-state index in [-0.39, 0.29) is 0 Å². The van der Waals surface area contributed by atoms with Crippen molar-refractivity contribution in [1.82, 2.24) is 5.32 Å². The van der Waals surface area contributed by atoms with Crippen LogP contribution in [0.15, 0.2) is 54.6 Å². The third-order valence-corrected chi connectivity index (χ3v) is 4.69. The standard InChI is InChI=1S/C24H26N2O3/c1-27-22-9-8-20-13-18(5-7-21(20)15-22)16-26-17-19-6-10-23(28-2)24(14-19)29-12-4-3-11-25/h5-10,13-15,26H,3-4,12,16-17H2,1-2H3. The van der Waals surface area contributed by atoms with E-state index in [9.17, 15) is 0 Å². The van der Waals surface area contributed by atoms with Crippen molar-refractivity contribution >= 4 is 10.8 Å². The molecule has 0 atom stereocenters. The minimum atomic E-state index is 0.488. The van der Waals surface area contributed by atoms with E-state index in [0.717, 1.165) is 24.4 Å². The third kappa shape index (κ3) is 5.63. The van der Waals surface area contributed by atoms with Crippen molar-refractivity contribution in [2.45, 2.75) is 25.9 Å². The molecule has 0 aliphatic rings. The molecule has 29 heavy (non-hydrogen) atoms. The number of rotatable bonds is 10. The Hall–Kier alpha value is -3.23. The van der Waals surface area contributed by atoms with Crippen LogP contribution >= 0.6 is 0 Å². The summed E-state index contributed by atoms with van der Waals surface area (Å²) < 4.78 is 16.4. The zero-order valence-corrected chi connectivity index (χ0v) is 16.9. The average molecular weight is 390 g/mol. The number of benzene rings is 3. The first-order valence-corrected chi connectivity index (χ1v) is 9.67. The van der Waals surface area contributed by atoms with Crippen molar-refractivity contribution in [2.24, 2.45) is 0 Å². The molecular formula is C24H26N2O3.